The van der Waals surface area contributed by atoms with E-state index in [1.807, 2.05) is 30.3 Å². The molecule has 3 rings (SSSR count). The molecule has 0 spiro atoms. The fraction of sp³-hybridized carbons (Fsp3) is 0.400. The van der Waals surface area contributed by atoms with Gasteiger partial charge in [-0.15, -0.1) is 0 Å². The Morgan fingerprint density at radius 2 is 1.94 bits per heavy atom. The molecule has 1 saturated carbocycles. The molecule has 1 fully saturated rings. The number of aliphatic hydroxyl groups is 1. The number of aromatic nitrogens is 1. The molecule has 18 heavy (non-hydrogen) atoms. The Labute approximate surface area is 106 Å². The summed E-state index contributed by atoms with van der Waals surface area (Å²) in [4.78, 5) is 4.34. The fourth-order valence-electron chi connectivity index (χ4n) is 2.58. The highest BCUT2D eigenvalue weighted by Gasteiger charge is 2.32. The summed E-state index contributed by atoms with van der Waals surface area (Å²) in [6.45, 7) is 0.364. The van der Waals surface area contributed by atoms with Gasteiger partial charge in [-0.25, -0.2) is 0 Å². The molecule has 0 aliphatic heterocycles. The van der Waals surface area contributed by atoms with Crippen LogP contribution in [0.3, 0.4) is 0 Å². The average molecular weight is 243 g/mol. The van der Waals surface area contributed by atoms with Crippen LogP contribution in [-0.4, -0.2) is 22.3 Å². The van der Waals surface area contributed by atoms with Crippen LogP contribution >= 0.6 is 0 Å². The Morgan fingerprint density at radius 1 is 1.17 bits per heavy atom. The van der Waals surface area contributed by atoms with Crippen molar-refractivity contribution in [1.29, 1.82) is 0 Å². The number of nitrogens with zero attached hydrogens (tertiary/aromatic N) is 1. The average Bonchev–Trinajstić information content (AvgIpc) is 2.84. The topological polar surface area (TPSA) is 42.4 Å². The molecular weight excluding hydrogens is 226 g/mol. The van der Waals surface area contributed by atoms with Gasteiger partial charge in [-0.2, -0.15) is 0 Å². The number of para-hydroxylation sites is 1. The van der Waals surface area contributed by atoms with E-state index in [0.717, 1.165) is 42.3 Å². The van der Waals surface area contributed by atoms with Crippen LogP contribution in [0.25, 0.3) is 10.9 Å². The summed E-state index contributed by atoms with van der Waals surface area (Å²) >= 11 is 0. The van der Waals surface area contributed by atoms with Crippen LogP contribution in [0.5, 0.6) is 5.75 Å². The second-order valence-corrected chi connectivity index (χ2v) is 5.05. The lowest BCUT2D eigenvalue weighted by Gasteiger charge is -2.22. The van der Waals surface area contributed by atoms with E-state index in [0.29, 0.717) is 6.61 Å². The Kier molecular flexibility index (Phi) is 2.92. The third-order valence-electron chi connectivity index (χ3n) is 3.63. The van der Waals surface area contributed by atoms with Gasteiger partial charge in [-0.05, 0) is 25.0 Å². The van der Waals surface area contributed by atoms with E-state index in [2.05, 4.69) is 4.98 Å². The molecule has 0 amide bonds. The monoisotopic (exact) mass is 243 g/mol. The maximum absolute atomic E-state index is 10.3. The molecule has 0 radical (unpaired) electrons. The highest BCUT2D eigenvalue weighted by Crippen LogP contribution is 2.31. The number of fused-ring (bicyclic) bond motifs is 1. The Balaban J connectivity index is 1.82. The maximum Gasteiger partial charge on any atom is 0.145 e. The summed E-state index contributed by atoms with van der Waals surface area (Å²) in [7, 11) is 0. The van der Waals surface area contributed by atoms with Crippen molar-refractivity contribution in [2.24, 2.45) is 0 Å². The quantitative estimate of drug-likeness (QED) is 0.901. The first kappa shape index (κ1) is 11.5. The van der Waals surface area contributed by atoms with Crippen LogP contribution in [0.2, 0.25) is 0 Å². The Hall–Kier alpha value is -1.61. The van der Waals surface area contributed by atoms with Crippen molar-refractivity contribution < 1.29 is 9.84 Å². The molecule has 0 unspecified atom stereocenters. The molecule has 94 valence electrons. The SMILES string of the molecule is OC1(COc2cccc3cccnc23)CCCC1. The second kappa shape index (κ2) is 4.58. The van der Waals surface area contributed by atoms with Gasteiger partial charge in [0.05, 0.1) is 5.60 Å². The number of ether oxygens (including phenoxy) is 1. The van der Waals surface area contributed by atoms with E-state index in [1.54, 1.807) is 6.20 Å². The van der Waals surface area contributed by atoms with E-state index < -0.39 is 5.60 Å². The van der Waals surface area contributed by atoms with E-state index in [4.69, 9.17) is 4.74 Å². The smallest absolute Gasteiger partial charge is 0.145 e. The van der Waals surface area contributed by atoms with Crippen molar-refractivity contribution in [2.45, 2.75) is 31.3 Å². The molecule has 1 aliphatic carbocycles. The van der Waals surface area contributed by atoms with Crippen LogP contribution in [-0.2, 0) is 0 Å². The molecule has 0 saturated heterocycles. The lowest BCUT2D eigenvalue weighted by atomic mass is 10.0. The summed E-state index contributed by atoms with van der Waals surface area (Å²) < 4.78 is 5.79. The molecule has 1 heterocycles. The minimum Gasteiger partial charge on any atom is -0.488 e. The summed E-state index contributed by atoms with van der Waals surface area (Å²) in [6, 6.07) is 9.81. The molecule has 2 aromatic rings. The minimum atomic E-state index is -0.642. The third kappa shape index (κ3) is 2.18. The van der Waals surface area contributed by atoms with Gasteiger partial charge in [0.1, 0.15) is 17.9 Å². The Morgan fingerprint density at radius 3 is 2.78 bits per heavy atom. The zero-order valence-corrected chi connectivity index (χ0v) is 10.3. The first-order valence-corrected chi connectivity index (χ1v) is 6.46. The van der Waals surface area contributed by atoms with Crippen LogP contribution in [0.15, 0.2) is 36.5 Å². The minimum absolute atomic E-state index is 0.364. The molecular formula is C15H17NO2. The van der Waals surface area contributed by atoms with Crippen molar-refractivity contribution in [3.63, 3.8) is 0 Å². The van der Waals surface area contributed by atoms with Crippen molar-refractivity contribution in [3.8, 4) is 5.75 Å². The van der Waals surface area contributed by atoms with E-state index in [-0.39, 0.29) is 0 Å². The zero-order chi connectivity index (χ0) is 12.4. The number of benzene rings is 1. The zero-order valence-electron chi connectivity index (χ0n) is 10.3. The normalized spacial score (nSPS) is 18.1. The van der Waals surface area contributed by atoms with E-state index >= 15 is 0 Å². The largest absolute Gasteiger partial charge is 0.488 e. The van der Waals surface area contributed by atoms with Crippen molar-refractivity contribution in [3.05, 3.63) is 36.5 Å². The van der Waals surface area contributed by atoms with Crippen molar-refractivity contribution in [2.75, 3.05) is 6.61 Å². The van der Waals surface area contributed by atoms with Gasteiger partial charge in [0.2, 0.25) is 0 Å². The third-order valence-corrected chi connectivity index (χ3v) is 3.63. The maximum atomic E-state index is 10.3. The molecule has 3 heteroatoms. The Bertz CT molecular complexity index is 542. The summed E-state index contributed by atoms with van der Waals surface area (Å²) in [6.07, 6.45) is 5.62. The first-order valence-electron chi connectivity index (χ1n) is 6.46. The van der Waals surface area contributed by atoms with Crippen LogP contribution < -0.4 is 4.74 Å². The number of hydrogen-bond donors (Lipinski definition) is 1. The first-order chi connectivity index (χ1) is 8.77. The summed E-state index contributed by atoms with van der Waals surface area (Å²) in [5.74, 6) is 0.758. The van der Waals surface area contributed by atoms with Gasteiger partial charge in [0.15, 0.2) is 0 Å². The predicted molar refractivity (Wildman–Crippen MR) is 70.7 cm³/mol. The van der Waals surface area contributed by atoms with Gasteiger partial charge in [0, 0.05) is 11.6 Å². The molecule has 0 bridgehead atoms. The van der Waals surface area contributed by atoms with Gasteiger partial charge < -0.3 is 9.84 Å². The second-order valence-electron chi connectivity index (χ2n) is 5.05. The van der Waals surface area contributed by atoms with Gasteiger partial charge in [-0.1, -0.05) is 31.0 Å². The van der Waals surface area contributed by atoms with Crippen molar-refractivity contribution >= 4 is 10.9 Å². The van der Waals surface area contributed by atoms with Crippen LogP contribution in [0.4, 0.5) is 0 Å². The summed E-state index contributed by atoms with van der Waals surface area (Å²) in [5, 5.41) is 11.3. The van der Waals surface area contributed by atoms with Gasteiger partial charge in [-0.3, -0.25) is 4.98 Å². The lowest BCUT2D eigenvalue weighted by molar-refractivity contribution is 0.00183. The standard InChI is InChI=1S/C15H17NO2/c17-15(8-1-2-9-15)11-18-13-7-3-5-12-6-4-10-16-14(12)13/h3-7,10,17H,1-2,8-9,11H2. The molecule has 1 N–H and O–H groups in total. The number of pyridine rings is 1. The highest BCUT2D eigenvalue weighted by molar-refractivity contribution is 5.84. The number of rotatable bonds is 3. The van der Waals surface area contributed by atoms with Gasteiger partial charge >= 0.3 is 0 Å². The molecule has 0 atom stereocenters. The number of hydrogen-bond acceptors (Lipinski definition) is 3. The fourth-order valence-corrected chi connectivity index (χ4v) is 2.58. The molecule has 1 aromatic heterocycles. The summed E-state index contributed by atoms with van der Waals surface area (Å²) in [5.41, 5.74) is 0.221. The van der Waals surface area contributed by atoms with Crippen LogP contribution in [0, 0.1) is 0 Å². The highest BCUT2D eigenvalue weighted by atomic mass is 16.5. The molecule has 1 aromatic carbocycles. The predicted octanol–water partition coefficient (Wildman–Crippen LogP) is 2.92. The van der Waals surface area contributed by atoms with Crippen molar-refractivity contribution in [1.82, 2.24) is 4.98 Å². The van der Waals surface area contributed by atoms with E-state index in [9.17, 15) is 5.11 Å². The van der Waals surface area contributed by atoms with E-state index in [1.165, 1.54) is 0 Å². The molecule has 1 aliphatic rings. The molecule has 3 nitrogen and oxygen atoms in total. The van der Waals surface area contributed by atoms with Gasteiger partial charge in [0.25, 0.3) is 0 Å². The van der Waals surface area contributed by atoms with Crippen LogP contribution in [0.1, 0.15) is 25.7 Å². The lowest BCUT2D eigenvalue weighted by Crippen LogP contribution is -2.32.